The van der Waals surface area contributed by atoms with Gasteiger partial charge in [0.2, 0.25) is 5.91 Å². The summed E-state index contributed by atoms with van der Waals surface area (Å²) in [5, 5.41) is 11.7. The number of amides is 1. The summed E-state index contributed by atoms with van der Waals surface area (Å²) < 4.78 is 5.17. The Labute approximate surface area is 177 Å². The number of carbonyl (C=O) groups excluding carboxylic acids is 1. The van der Waals surface area contributed by atoms with E-state index in [1.807, 2.05) is 6.07 Å². The van der Waals surface area contributed by atoms with Crippen molar-refractivity contribution in [1.82, 2.24) is 18.5 Å². The Balaban J connectivity index is 1.86. The van der Waals surface area contributed by atoms with Gasteiger partial charge in [0.05, 0.1) is 11.4 Å². The highest BCUT2D eigenvalue weighted by Crippen LogP contribution is 2.14. The van der Waals surface area contributed by atoms with Crippen molar-refractivity contribution in [3.63, 3.8) is 0 Å². The molecule has 1 N–H and O–H groups in total. The number of aromatic nitrogens is 4. The zero-order valence-electron chi connectivity index (χ0n) is 17.5. The summed E-state index contributed by atoms with van der Waals surface area (Å²) in [4.78, 5) is 50.1. The van der Waals surface area contributed by atoms with Crippen LogP contribution in [0.25, 0.3) is 5.69 Å². The van der Waals surface area contributed by atoms with E-state index in [1.54, 1.807) is 55.9 Å². The number of benzene rings is 1. The van der Waals surface area contributed by atoms with Gasteiger partial charge in [-0.15, -0.1) is 0 Å². The molecule has 3 aromatic rings. The van der Waals surface area contributed by atoms with Crippen molar-refractivity contribution in [2.45, 2.75) is 33.4 Å². The summed E-state index contributed by atoms with van der Waals surface area (Å²) in [5.74, 6) is -0.525. The van der Waals surface area contributed by atoms with E-state index in [9.17, 15) is 19.2 Å². The molecule has 0 saturated carbocycles. The van der Waals surface area contributed by atoms with Crippen molar-refractivity contribution in [3.8, 4) is 11.8 Å². The molecule has 1 aromatic carbocycles. The quantitative estimate of drug-likeness (QED) is 0.627. The molecule has 0 bridgehead atoms. The summed E-state index contributed by atoms with van der Waals surface area (Å²) in [6, 6.07) is 10.8. The number of nitrogens with one attached hydrogen (secondary N) is 1. The lowest BCUT2D eigenvalue weighted by Gasteiger charge is -2.09. The van der Waals surface area contributed by atoms with E-state index >= 15 is 0 Å². The van der Waals surface area contributed by atoms with E-state index < -0.39 is 22.7 Å². The molecular formula is C21H22N6O4. The fraction of sp³-hybridized carbons (Fsp3) is 0.286. The molecule has 1 amide bonds. The Morgan fingerprint density at radius 1 is 1.13 bits per heavy atom. The molecule has 0 radical (unpaired) electrons. The maximum absolute atomic E-state index is 12.9. The third-order valence-corrected chi connectivity index (χ3v) is 5.08. The van der Waals surface area contributed by atoms with Crippen LogP contribution in [0.1, 0.15) is 24.6 Å². The van der Waals surface area contributed by atoms with E-state index in [4.69, 9.17) is 5.26 Å². The lowest BCUT2D eigenvalue weighted by atomic mass is 10.3. The van der Waals surface area contributed by atoms with Gasteiger partial charge in [-0.3, -0.25) is 28.2 Å². The maximum atomic E-state index is 12.9. The average molecular weight is 422 g/mol. The summed E-state index contributed by atoms with van der Waals surface area (Å²) in [5.41, 5.74) is -0.574. The Kier molecular flexibility index (Phi) is 6.06. The first-order valence-electron chi connectivity index (χ1n) is 9.68. The zero-order valence-corrected chi connectivity index (χ0v) is 17.5. The number of nitriles is 1. The summed E-state index contributed by atoms with van der Waals surface area (Å²) in [6.45, 7) is 3.48. The van der Waals surface area contributed by atoms with Gasteiger partial charge in [0.15, 0.2) is 0 Å². The van der Waals surface area contributed by atoms with E-state index in [-0.39, 0.29) is 30.8 Å². The van der Waals surface area contributed by atoms with Crippen molar-refractivity contribution in [1.29, 1.82) is 5.26 Å². The predicted octanol–water partition coefficient (Wildman–Crippen LogP) is 0.728. The van der Waals surface area contributed by atoms with Crippen LogP contribution in [-0.4, -0.2) is 24.4 Å². The van der Waals surface area contributed by atoms with Crippen LogP contribution in [0.2, 0.25) is 0 Å². The summed E-state index contributed by atoms with van der Waals surface area (Å²) in [6.07, 6.45) is 0.994. The monoisotopic (exact) mass is 422 g/mol. The normalized spacial score (nSPS) is 10.6. The Morgan fingerprint density at radius 2 is 1.81 bits per heavy atom. The summed E-state index contributed by atoms with van der Waals surface area (Å²) in [7, 11) is 1.71. The van der Waals surface area contributed by atoms with Crippen LogP contribution >= 0.6 is 0 Å². The Bertz CT molecular complexity index is 1350. The van der Waals surface area contributed by atoms with E-state index in [2.05, 4.69) is 5.32 Å². The molecule has 0 unspecified atom stereocenters. The van der Waals surface area contributed by atoms with Crippen LogP contribution in [0.4, 0.5) is 5.69 Å². The number of carbonyl (C=O) groups is 1. The fourth-order valence-electron chi connectivity index (χ4n) is 3.28. The molecule has 3 rings (SSSR count). The molecular weight excluding hydrogens is 400 g/mol. The first-order valence-corrected chi connectivity index (χ1v) is 9.68. The van der Waals surface area contributed by atoms with Crippen molar-refractivity contribution in [2.24, 2.45) is 7.05 Å². The predicted molar refractivity (Wildman–Crippen MR) is 114 cm³/mol. The highest BCUT2D eigenvalue weighted by molar-refractivity contribution is 5.91. The van der Waals surface area contributed by atoms with Crippen molar-refractivity contribution in [3.05, 3.63) is 79.0 Å². The van der Waals surface area contributed by atoms with Gasteiger partial charge in [0, 0.05) is 32.8 Å². The number of rotatable bonds is 6. The van der Waals surface area contributed by atoms with E-state index in [1.165, 1.54) is 15.4 Å². The average Bonchev–Trinajstić information content (AvgIpc) is 2.97. The second-order valence-corrected chi connectivity index (χ2v) is 6.91. The molecule has 0 spiro atoms. The molecule has 160 valence electrons. The third kappa shape index (κ3) is 3.98. The Morgan fingerprint density at radius 3 is 2.42 bits per heavy atom. The molecule has 2 aromatic heterocycles. The van der Waals surface area contributed by atoms with E-state index in [0.717, 1.165) is 4.57 Å². The van der Waals surface area contributed by atoms with Crippen LogP contribution in [0, 0.1) is 18.3 Å². The summed E-state index contributed by atoms with van der Waals surface area (Å²) >= 11 is 0. The number of aryl methyl sites for hydroxylation is 1. The maximum Gasteiger partial charge on any atom is 0.331 e. The van der Waals surface area contributed by atoms with Gasteiger partial charge >= 0.3 is 5.69 Å². The molecule has 2 heterocycles. The molecule has 0 saturated heterocycles. The fourth-order valence-corrected chi connectivity index (χ4v) is 3.28. The standard InChI is InChI=1S/C21H22N6O4/c1-4-25-13-15(12-22)19(29)26(21(25)31)11-10-17(28)23-18-14(2)24(3)27(20(18)30)16-8-6-5-7-9-16/h5-9,13H,4,10-11H2,1-3H3,(H,23,28). The molecule has 10 nitrogen and oxygen atoms in total. The molecule has 31 heavy (non-hydrogen) atoms. The number of hydrogen-bond donors (Lipinski definition) is 1. The zero-order chi connectivity index (χ0) is 22.7. The van der Waals surface area contributed by atoms with E-state index in [0.29, 0.717) is 11.4 Å². The molecule has 0 aliphatic carbocycles. The van der Waals surface area contributed by atoms with Crippen LogP contribution in [0.3, 0.4) is 0 Å². The van der Waals surface area contributed by atoms with Gasteiger partial charge < -0.3 is 5.32 Å². The van der Waals surface area contributed by atoms with Crippen LogP contribution in [0.5, 0.6) is 0 Å². The largest absolute Gasteiger partial charge is 0.331 e. The van der Waals surface area contributed by atoms with Crippen LogP contribution < -0.4 is 22.1 Å². The van der Waals surface area contributed by atoms with Crippen LogP contribution in [-0.2, 0) is 24.9 Å². The van der Waals surface area contributed by atoms with Gasteiger partial charge in [0.25, 0.3) is 11.1 Å². The minimum absolute atomic E-state index is 0.125. The van der Waals surface area contributed by atoms with Gasteiger partial charge in [0.1, 0.15) is 17.3 Å². The highest BCUT2D eigenvalue weighted by atomic mass is 16.2. The molecule has 10 heteroatoms. The smallest absolute Gasteiger partial charge is 0.320 e. The van der Waals surface area contributed by atoms with Crippen molar-refractivity contribution in [2.75, 3.05) is 5.32 Å². The van der Waals surface area contributed by atoms with Gasteiger partial charge in [-0.25, -0.2) is 9.48 Å². The number of anilines is 1. The second kappa shape index (κ2) is 8.71. The molecule has 0 aliphatic heterocycles. The van der Waals surface area contributed by atoms with Crippen molar-refractivity contribution < 1.29 is 4.79 Å². The topological polar surface area (TPSA) is 124 Å². The van der Waals surface area contributed by atoms with Gasteiger partial charge in [-0.1, -0.05) is 18.2 Å². The minimum Gasteiger partial charge on any atom is -0.320 e. The molecule has 0 aliphatic rings. The Hall–Kier alpha value is -4.13. The van der Waals surface area contributed by atoms with Gasteiger partial charge in [-0.05, 0) is 26.0 Å². The second-order valence-electron chi connectivity index (χ2n) is 6.91. The number of hydrogen-bond acceptors (Lipinski definition) is 5. The number of para-hydroxylation sites is 1. The third-order valence-electron chi connectivity index (χ3n) is 5.08. The van der Waals surface area contributed by atoms with Gasteiger partial charge in [-0.2, -0.15) is 5.26 Å². The molecule has 0 atom stereocenters. The lowest BCUT2D eigenvalue weighted by Crippen LogP contribution is -2.41. The first kappa shape index (κ1) is 21.6. The number of nitrogens with zero attached hydrogens (tertiary/aromatic N) is 5. The van der Waals surface area contributed by atoms with Crippen molar-refractivity contribution >= 4 is 11.6 Å². The van der Waals surface area contributed by atoms with Crippen LogP contribution in [0.15, 0.2) is 50.9 Å². The SMILES string of the molecule is CCn1cc(C#N)c(=O)n(CCC(=O)Nc2c(C)n(C)n(-c3ccccc3)c2=O)c1=O. The minimum atomic E-state index is -0.743. The highest BCUT2D eigenvalue weighted by Gasteiger charge is 2.19. The first-order chi connectivity index (χ1) is 14.8. The lowest BCUT2D eigenvalue weighted by molar-refractivity contribution is -0.116. The molecule has 0 fully saturated rings.